The number of piperidine rings is 1. The number of hydrazine groups is 1. The summed E-state index contributed by atoms with van der Waals surface area (Å²) >= 11 is 0. The molecule has 1 fully saturated rings. The number of aromatic nitrogens is 1. The summed E-state index contributed by atoms with van der Waals surface area (Å²) in [7, 11) is -3.27. The minimum absolute atomic E-state index is 0.250. The Morgan fingerprint density at radius 1 is 1.32 bits per heavy atom. The summed E-state index contributed by atoms with van der Waals surface area (Å²) in [5, 5.41) is 2.11. The number of nitrogens with zero attached hydrogens (tertiary/aromatic N) is 2. The van der Waals surface area contributed by atoms with E-state index in [1.807, 2.05) is 0 Å². The molecule has 2 rings (SSSR count). The minimum Gasteiger partial charge on any atom is -0.302 e. The lowest BCUT2D eigenvalue weighted by Gasteiger charge is -2.39. The number of hydrogen-bond donors (Lipinski definition) is 1. The lowest BCUT2D eigenvalue weighted by atomic mass is 10.00. The maximum absolute atomic E-state index is 11.8. The molecule has 0 aliphatic carbocycles. The van der Waals surface area contributed by atoms with E-state index in [0.717, 1.165) is 12.8 Å². The van der Waals surface area contributed by atoms with E-state index in [-0.39, 0.29) is 4.90 Å². The number of nitrogens with one attached hydrogen (secondary N) is 1. The van der Waals surface area contributed by atoms with Gasteiger partial charge in [-0.15, -0.1) is 0 Å². The molecule has 6 heteroatoms. The smallest absolute Gasteiger partial charge is 0.179 e. The molecular formula is C13H21N3O2S. The molecule has 19 heavy (non-hydrogen) atoms. The van der Waals surface area contributed by atoms with Crippen LogP contribution in [0.2, 0.25) is 0 Å². The molecule has 2 atom stereocenters. The van der Waals surface area contributed by atoms with Gasteiger partial charge in [0.05, 0.1) is 0 Å². The third-order valence-corrected chi connectivity index (χ3v) is 4.73. The number of rotatable bonds is 3. The second kappa shape index (κ2) is 5.46. The van der Waals surface area contributed by atoms with Crippen molar-refractivity contribution in [1.82, 2.24) is 9.99 Å². The van der Waals surface area contributed by atoms with Crippen molar-refractivity contribution in [2.75, 3.05) is 11.7 Å². The van der Waals surface area contributed by atoms with E-state index in [0.29, 0.717) is 17.9 Å². The zero-order valence-corrected chi connectivity index (χ0v) is 12.4. The van der Waals surface area contributed by atoms with Crippen molar-refractivity contribution >= 4 is 15.7 Å². The third kappa shape index (κ3) is 3.25. The first-order valence-electron chi connectivity index (χ1n) is 6.59. The van der Waals surface area contributed by atoms with Crippen LogP contribution >= 0.6 is 0 Å². The molecular weight excluding hydrogens is 262 g/mol. The molecule has 0 saturated carbocycles. The molecule has 0 aromatic carbocycles. The molecule has 0 spiro atoms. The molecule has 1 saturated heterocycles. The molecule has 106 valence electrons. The van der Waals surface area contributed by atoms with Crippen molar-refractivity contribution in [3.63, 3.8) is 0 Å². The van der Waals surface area contributed by atoms with Crippen LogP contribution in [0.3, 0.4) is 0 Å². The van der Waals surface area contributed by atoms with E-state index in [4.69, 9.17) is 0 Å². The largest absolute Gasteiger partial charge is 0.302 e. The zero-order valence-electron chi connectivity index (χ0n) is 11.6. The van der Waals surface area contributed by atoms with Gasteiger partial charge in [-0.05, 0) is 38.8 Å². The summed E-state index contributed by atoms with van der Waals surface area (Å²) in [5.41, 5.74) is 3.20. The topological polar surface area (TPSA) is 62.3 Å². The van der Waals surface area contributed by atoms with Gasteiger partial charge in [-0.25, -0.2) is 18.4 Å². The Kier molecular flexibility index (Phi) is 4.10. The van der Waals surface area contributed by atoms with E-state index in [1.54, 1.807) is 18.3 Å². The van der Waals surface area contributed by atoms with Crippen LogP contribution in [-0.2, 0) is 9.84 Å². The van der Waals surface area contributed by atoms with Crippen LogP contribution in [0.5, 0.6) is 0 Å². The minimum atomic E-state index is -3.27. The standard InChI is InChI=1S/C13H21N3O2S/c1-10-6-4-7-11(2)16(10)15-13-12(19(3,17)18)8-5-9-14-13/h5,8-11H,4,6-7H2,1-3H3,(H,14,15). The fraction of sp³-hybridized carbons (Fsp3) is 0.615. The lowest BCUT2D eigenvalue weighted by molar-refractivity contribution is 0.134. The highest BCUT2D eigenvalue weighted by molar-refractivity contribution is 7.90. The van der Waals surface area contributed by atoms with Gasteiger partial charge in [0.2, 0.25) is 0 Å². The van der Waals surface area contributed by atoms with E-state index in [1.165, 1.54) is 12.7 Å². The average Bonchev–Trinajstić information content (AvgIpc) is 2.33. The Bertz CT molecular complexity index is 535. The highest BCUT2D eigenvalue weighted by atomic mass is 32.2. The van der Waals surface area contributed by atoms with Gasteiger partial charge in [0.25, 0.3) is 0 Å². The molecule has 1 aliphatic heterocycles. The highest BCUT2D eigenvalue weighted by Crippen LogP contribution is 2.25. The predicted octanol–water partition coefficient (Wildman–Crippen LogP) is 2.07. The summed E-state index contributed by atoms with van der Waals surface area (Å²) in [4.78, 5) is 4.43. The monoisotopic (exact) mass is 283 g/mol. The Hall–Kier alpha value is -1.14. The van der Waals surface area contributed by atoms with Crippen molar-refractivity contribution in [2.24, 2.45) is 0 Å². The molecule has 0 radical (unpaired) electrons. The number of anilines is 1. The first-order valence-corrected chi connectivity index (χ1v) is 8.49. The van der Waals surface area contributed by atoms with Gasteiger partial charge in [-0.1, -0.05) is 6.42 Å². The summed E-state index contributed by atoms with van der Waals surface area (Å²) in [6.45, 7) is 4.29. The van der Waals surface area contributed by atoms with Gasteiger partial charge < -0.3 is 5.43 Å². The fourth-order valence-electron chi connectivity index (χ4n) is 2.54. The van der Waals surface area contributed by atoms with Crippen LogP contribution in [-0.4, -0.2) is 36.8 Å². The van der Waals surface area contributed by atoms with Gasteiger partial charge in [0.1, 0.15) is 4.90 Å². The maximum atomic E-state index is 11.8. The molecule has 1 aromatic heterocycles. The molecule has 5 nitrogen and oxygen atoms in total. The SMILES string of the molecule is CC1CCCC(C)N1Nc1ncccc1S(C)(=O)=O. The predicted molar refractivity (Wildman–Crippen MR) is 75.6 cm³/mol. The Balaban J connectivity index is 2.28. The van der Waals surface area contributed by atoms with Crippen molar-refractivity contribution in [2.45, 2.75) is 50.1 Å². The van der Waals surface area contributed by atoms with Gasteiger partial charge in [-0.3, -0.25) is 0 Å². The van der Waals surface area contributed by atoms with Gasteiger partial charge in [-0.2, -0.15) is 0 Å². The van der Waals surface area contributed by atoms with Crippen molar-refractivity contribution in [3.8, 4) is 0 Å². The first-order chi connectivity index (χ1) is 8.89. The van der Waals surface area contributed by atoms with Crippen molar-refractivity contribution in [3.05, 3.63) is 18.3 Å². The molecule has 1 aromatic rings. The summed E-state index contributed by atoms with van der Waals surface area (Å²) in [6, 6.07) is 3.98. The van der Waals surface area contributed by atoms with Crippen LogP contribution in [0, 0.1) is 0 Å². The Morgan fingerprint density at radius 3 is 2.53 bits per heavy atom. The van der Waals surface area contributed by atoms with E-state index >= 15 is 0 Å². The van der Waals surface area contributed by atoms with Gasteiger partial charge in [0, 0.05) is 24.5 Å². The molecule has 2 heterocycles. The fourth-order valence-corrected chi connectivity index (χ4v) is 3.31. The molecule has 1 N–H and O–H groups in total. The number of sulfone groups is 1. The Morgan fingerprint density at radius 2 is 1.95 bits per heavy atom. The Labute approximate surface area is 114 Å². The third-order valence-electron chi connectivity index (χ3n) is 3.60. The molecule has 0 amide bonds. The molecule has 2 unspecified atom stereocenters. The average molecular weight is 283 g/mol. The lowest BCUT2D eigenvalue weighted by Crippen LogP contribution is -2.47. The van der Waals surface area contributed by atoms with Crippen LogP contribution in [0.25, 0.3) is 0 Å². The second-order valence-electron chi connectivity index (χ2n) is 5.27. The number of hydrogen-bond acceptors (Lipinski definition) is 5. The van der Waals surface area contributed by atoms with Crippen LogP contribution in [0.15, 0.2) is 23.2 Å². The summed E-state index contributed by atoms with van der Waals surface area (Å²) < 4.78 is 23.5. The normalized spacial score (nSPS) is 25.2. The van der Waals surface area contributed by atoms with Crippen molar-refractivity contribution < 1.29 is 8.42 Å². The quantitative estimate of drug-likeness (QED) is 0.920. The van der Waals surface area contributed by atoms with Crippen molar-refractivity contribution in [1.29, 1.82) is 0 Å². The van der Waals surface area contributed by atoms with Crippen LogP contribution in [0.1, 0.15) is 33.1 Å². The van der Waals surface area contributed by atoms with E-state index in [2.05, 4.69) is 29.3 Å². The second-order valence-corrected chi connectivity index (χ2v) is 7.25. The first kappa shape index (κ1) is 14.3. The van der Waals surface area contributed by atoms with E-state index in [9.17, 15) is 8.42 Å². The summed E-state index contributed by atoms with van der Waals surface area (Å²) in [5.74, 6) is 0.422. The zero-order chi connectivity index (χ0) is 14.0. The van der Waals surface area contributed by atoms with Gasteiger partial charge >= 0.3 is 0 Å². The molecule has 0 bridgehead atoms. The maximum Gasteiger partial charge on any atom is 0.179 e. The van der Waals surface area contributed by atoms with E-state index < -0.39 is 9.84 Å². The highest BCUT2D eigenvalue weighted by Gasteiger charge is 2.26. The van der Waals surface area contributed by atoms with Crippen LogP contribution in [0.4, 0.5) is 5.82 Å². The van der Waals surface area contributed by atoms with Crippen LogP contribution < -0.4 is 5.43 Å². The van der Waals surface area contributed by atoms with Gasteiger partial charge in [0.15, 0.2) is 15.7 Å². The number of pyridine rings is 1. The summed E-state index contributed by atoms with van der Waals surface area (Å²) in [6.07, 6.45) is 6.24. The molecule has 1 aliphatic rings.